The first-order valence-corrected chi connectivity index (χ1v) is 5.81. The van der Waals surface area contributed by atoms with Crippen LogP contribution < -0.4 is 5.32 Å². The highest BCUT2D eigenvalue weighted by Crippen LogP contribution is 2.15. The molecule has 0 radical (unpaired) electrons. The molecule has 0 bridgehead atoms. The molecular weight excluding hydrogens is 208 g/mol. The molecule has 1 aromatic rings. The van der Waals surface area contributed by atoms with E-state index >= 15 is 0 Å². The summed E-state index contributed by atoms with van der Waals surface area (Å²) in [5, 5.41) is 13.4. The predicted molar refractivity (Wildman–Crippen MR) is 60.8 cm³/mol. The van der Waals surface area contributed by atoms with E-state index in [-0.39, 0.29) is 11.9 Å². The van der Waals surface area contributed by atoms with E-state index < -0.39 is 0 Å². The molecule has 0 aliphatic rings. The Morgan fingerprint density at radius 3 is 2.93 bits per heavy atom. The monoisotopic (exact) mass is 222 g/mol. The lowest BCUT2D eigenvalue weighted by Crippen LogP contribution is -2.33. The molecule has 1 amide bonds. The van der Waals surface area contributed by atoms with E-state index in [4.69, 9.17) is 5.26 Å². The highest BCUT2D eigenvalue weighted by molar-refractivity contribution is 7.12. The number of aryl methyl sites for hydroxylation is 1. The van der Waals surface area contributed by atoms with Crippen molar-refractivity contribution in [1.29, 1.82) is 5.26 Å². The Bertz CT molecular complexity index is 378. The quantitative estimate of drug-likeness (QED) is 0.850. The molecule has 0 aliphatic heterocycles. The van der Waals surface area contributed by atoms with Gasteiger partial charge in [-0.15, -0.1) is 11.3 Å². The molecule has 0 saturated heterocycles. The zero-order chi connectivity index (χ0) is 11.3. The van der Waals surface area contributed by atoms with E-state index in [0.29, 0.717) is 11.3 Å². The van der Waals surface area contributed by atoms with Crippen molar-refractivity contribution in [2.75, 3.05) is 0 Å². The van der Waals surface area contributed by atoms with Crippen molar-refractivity contribution in [3.05, 3.63) is 21.9 Å². The summed E-state index contributed by atoms with van der Waals surface area (Å²) in [6.07, 6.45) is 1.59. The van der Waals surface area contributed by atoms with E-state index in [2.05, 4.69) is 11.4 Å². The second-order valence-electron chi connectivity index (χ2n) is 3.38. The molecule has 0 saturated carbocycles. The lowest BCUT2D eigenvalue weighted by atomic mass is 10.2. The fraction of sp³-hybridized carbons (Fsp3) is 0.455. The molecular formula is C11H14N2OS. The molecule has 0 spiro atoms. The number of amides is 1. The summed E-state index contributed by atoms with van der Waals surface area (Å²) in [4.78, 5) is 12.4. The third-order valence-electron chi connectivity index (χ3n) is 2.11. The van der Waals surface area contributed by atoms with E-state index in [0.717, 1.165) is 12.0 Å². The standard InChI is InChI=1S/C11H14N2OS/c1-3-4-9(7-12)13-11(14)10-8(2)5-6-15-10/h5-6,9H,3-4H2,1-2H3,(H,13,14). The van der Waals surface area contributed by atoms with Gasteiger partial charge in [0.1, 0.15) is 6.04 Å². The third kappa shape index (κ3) is 3.07. The number of hydrogen-bond acceptors (Lipinski definition) is 3. The van der Waals surface area contributed by atoms with Crippen LogP contribution >= 0.6 is 11.3 Å². The maximum atomic E-state index is 11.7. The highest BCUT2D eigenvalue weighted by atomic mass is 32.1. The van der Waals surface area contributed by atoms with Crippen molar-refractivity contribution in [3.63, 3.8) is 0 Å². The lowest BCUT2D eigenvalue weighted by Gasteiger charge is -2.09. The first-order valence-electron chi connectivity index (χ1n) is 4.93. The first-order chi connectivity index (χ1) is 7.19. The SMILES string of the molecule is CCCC(C#N)NC(=O)c1sccc1C. The minimum atomic E-state index is -0.371. The molecule has 1 unspecified atom stereocenters. The van der Waals surface area contributed by atoms with Crippen LogP contribution in [0.1, 0.15) is 35.0 Å². The van der Waals surface area contributed by atoms with Crippen molar-refractivity contribution in [3.8, 4) is 6.07 Å². The van der Waals surface area contributed by atoms with Crippen LogP contribution in [-0.2, 0) is 0 Å². The number of carbonyl (C=O) groups excluding carboxylic acids is 1. The number of rotatable bonds is 4. The summed E-state index contributed by atoms with van der Waals surface area (Å²) in [6, 6.07) is 3.62. The van der Waals surface area contributed by atoms with E-state index in [1.165, 1.54) is 11.3 Å². The zero-order valence-corrected chi connectivity index (χ0v) is 9.73. The summed E-state index contributed by atoms with van der Waals surface area (Å²) in [5.74, 6) is -0.137. The minimum Gasteiger partial charge on any atom is -0.336 e. The maximum absolute atomic E-state index is 11.7. The lowest BCUT2D eigenvalue weighted by molar-refractivity contribution is 0.0947. The molecule has 0 aromatic carbocycles. The number of nitrogens with zero attached hydrogens (tertiary/aromatic N) is 1. The molecule has 1 heterocycles. The van der Waals surface area contributed by atoms with Gasteiger partial charge in [-0.1, -0.05) is 13.3 Å². The molecule has 3 nitrogen and oxygen atoms in total. The minimum absolute atomic E-state index is 0.137. The van der Waals surface area contributed by atoms with Crippen LogP contribution in [0.4, 0.5) is 0 Å². The normalized spacial score (nSPS) is 11.8. The summed E-state index contributed by atoms with van der Waals surface area (Å²) in [7, 11) is 0. The fourth-order valence-electron chi connectivity index (χ4n) is 1.29. The van der Waals surface area contributed by atoms with Gasteiger partial charge in [0.2, 0.25) is 0 Å². The van der Waals surface area contributed by atoms with Crippen LogP contribution in [0.2, 0.25) is 0 Å². The molecule has 1 N–H and O–H groups in total. The van der Waals surface area contributed by atoms with Gasteiger partial charge >= 0.3 is 0 Å². The zero-order valence-electron chi connectivity index (χ0n) is 8.91. The number of hydrogen-bond donors (Lipinski definition) is 1. The largest absolute Gasteiger partial charge is 0.336 e. The molecule has 0 fully saturated rings. The predicted octanol–water partition coefficient (Wildman–Crippen LogP) is 2.48. The van der Waals surface area contributed by atoms with E-state index in [1.807, 2.05) is 25.3 Å². The van der Waals surface area contributed by atoms with Gasteiger partial charge < -0.3 is 5.32 Å². The second kappa shape index (κ2) is 5.52. The van der Waals surface area contributed by atoms with Crippen LogP contribution in [0.3, 0.4) is 0 Å². The van der Waals surface area contributed by atoms with Crippen LogP contribution in [0.25, 0.3) is 0 Å². The second-order valence-corrected chi connectivity index (χ2v) is 4.29. The molecule has 4 heteroatoms. The van der Waals surface area contributed by atoms with Gasteiger partial charge in [0, 0.05) is 0 Å². The van der Waals surface area contributed by atoms with E-state index in [9.17, 15) is 4.79 Å². The fourth-order valence-corrected chi connectivity index (χ4v) is 2.11. The van der Waals surface area contributed by atoms with Crippen molar-refractivity contribution in [2.24, 2.45) is 0 Å². The first kappa shape index (κ1) is 11.7. The Balaban J connectivity index is 2.64. The Labute approximate surface area is 93.7 Å². The molecule has 80 valence electrons. The Morgan fingerprint density at radius 2 is 2.47 bits per heavy atom. The Kier molecular flexibility index (Phi) is 4.32. The highest BCUT2D eigenvalue weighted by Gasteiger charge is 2.14. The summed E-state index contributed by atoms with van der Waals surface area (Å²) >= 11 is 1.41. The van der Waals surface area contributed by atoms with Crippen molar-refractivity contribution in [1.82, 2.24) is 5.32 Å². The Hall–Kier alpha value is -1.34. The van der Waals surface area contributed by atoms with Crippen molar-refractivity contribution >= 4 is 17.2 Å². The third-order valence-corrected chi connectivity index (χ3v) is 3.12. The smallest absolute Gasteiger partial charge is 0.262 e. The van der Waals surface area contributed by atoms with Gasteiger partial charge in [-0.25, -0.2) is 0 Å². The average Bonchev–Trinajstić information content (AvgIpc) is 2.63. The van der Waals surface area contributed by atoms with E-state index in [1.54, 1.807) is 0 Å². The number of carbonyl (C=O) groups is 1. The summed E-state index contributed by atoms with van der Waals surface area (Å²) < 4.78 is 0. The molecule has 1 atom stereocenters. The van der Waals surface area contributed by atoms with Crippen molar-refractivity contribution < 1.29 is 4.79 Å². The van der Waals surface area contributed by atoms with Crippen LogP contribution in [0, 0.1) is 18.3 Å². The number of nitriles is 1. The van der Waals surface area contributed by atoms with Crippen LogP contribution in [-0.4, -0.2) is 11.9 Å². The molecule has 1 rings (SSSR count). The van der Waals surface area contributed by atoms with Gasteiger partial charge in [0.25, 0.3) is 5.91 Å². The average molecular weight is 222 g/mol. The topological polar surface area (TPSA) is 52.9 Å². The van der Waals surface area contributed by atoms with Crippen molar-refractivity contribution in [2.45, 2.75) is 32.7 Å². The van der Waals surface area contributed by atoms with Gasteiger partial charge in [0.15, 0.2) is 0 Å². The van der Waals surface area contributed by atoms with Gasteiger partial charge in [-0.05, 0) is 30.4 Å². The summed E-state index contributed by atoms with van der Waals surface area (Å²) in [5.41, 5.74) is 0.964. The molecule has 15 heavy (non-hydrogen) atoms. The molecule has 0 aliphatic carbocycles. The van der Waals surface area contributed by atoms with Gasteiger partial charge in [-0.3, -0.25) is 4.79 Å². The number of nitrogens with one attached hydrogen (secondary N) is 1. The van der Waals surface area contributed by atoms with Crippen LogP contribution in [0.15, 0.2) is 11.4 Å². The maximum Gasteiger partial charge on any atom is 0.262 e. The van der Waals surface area contributed by atoms with Gasteiger partial charge in [-0.2, -0.15) is 5.26 Å². The van der Waals surface area contributed by atoms with Crippen LogP contribution in [0.5, 0.6) is 0 Å². The molecule has 1 aromatic heterocycles. The summed E-state index contributed by atoms with van der Waals surface area (Å²) in [6.45, 7) is 3.89. The number of thiophene rings is 1. The van der Waals surface area contributed by atoms with Gasteiger partial charge in [0.05, 0.1) is 10.9 Å². The Morgan fingerprint density at radius 1 is 1.73 bits per heavy atom.